The highest BCUT2D eigenvalue weighted by atomic mass is 35.5. The molecule has 4 aromatic carbocycles. The van der Waals surface area contributed by atoms with Crippen molar-refractivity contribution in [2.24, 2.45) is 0 Å². The van der Waals surface area contributed by atoms with Crippen LogP contribution < -0.4 is 15.4 Å². The van der Waals surface area contributed by atoms with Gasteiger partial charge in [0.1, 0.15) is 11.8 Å². The van der Waals surface area contributed by atoms with E-state index in [4.69, 9.17) is 26.4 Å². The molecule has 1 amide bonds. The second-order valence-corrected chi connectivity index (χ2v) is 12.6. The van der Waals surface area contributed by atoms with Crippen molar-refractivity contribution in [3.8, 4) is 5.75 Å². The molecule has 6 aromatic rings. The van der Waals surface area contributed by atoms with E-state index in [9.17, 15) is 4.79 Å². The van der Waals surface area contributed by atoms with Gasteiger partial charge in [0.25, 0.3) is 5.91 Å². The lowest BCUT2D eigenvalue weighted by Crippen LogP contribution is -2.31. The van der Waals surface area contributed by atoms with Crippen LogP contribution in [0.1, 0.15) is 36.6 Å². The molecule has 2 N–H and O–H groups in total. The standard InChI is InChI=1S/C37H33ClN6O2S/c1-3-46-32-20-12-10-18-30(32)40-35(45)33-24(2)39-36-41-37(47-23-26-15-7-9-17-29(26)38)42-44(36)34(33)28-22-43(21-25-13-5-4-6-14-25)31-19-11-8-16-27(28)31/h4-20,22,34H,3,21,23H2,1-2H3,(H,40,45)(H,39,41,42). The summed E-state index contributed by atoms with van der Waals surface area (Å²) in [4.78, 5) is 19.2. The first-order valence-electron chi connectivity index (χ1n) is 15.5. The van der Waals surface area contributed by atoms with Gasteiger partial charge in [-0.3, -0.25) is 4.79 Å². The number of amides is 1. The van der Waals surface area contributed by atoms with Crippen LogP contribution in [0.4, 0.5) is 11.6 Å². The number of ether oxygens (including phenoxy) is 1. The first-order chi connectivity index (χ1) is 23.0. The summed E-state index contributed by atoms with van der Waals surface area (Å²) in [6.07, 6.45) is 2.14. The number of rotatable bonds is 10. The molecule has 3 heterocycles. The number of nitrogens with zero attached hydrogens (tertiary/aromatic N) is 4. The first kappa shape index (κ1) is 30.7. The number of hydrogen-bond donors (Lipinski definition) is 2. The molecule has 10 heteroatoms. The SMILES string of the molecule is CCOc1ccccc1NC(=O)C1=C(C)Nc2nc(SCc3ccccc3Cl)nn2C1c1cn(Cc2ccccc2)c2ccccc12. The molecule has 47 heavy (non-hydrogen) atoms. The van der Waals surface area contributed by atoms with Crippen LogP contribution in [-0.4, -0.2) is 31.8 Å². The van der Waals surface area contributed by atoms with Crippen molar-refractivity contribution in [3.63, 3.8) is 0 Å². The Labute approximate surface area is 282 Å². The topological polar surface area (TPSA) is 86.0 Å². The number of para-hydroxylation sites is 3. The van der Waals surface area contributed by atoms with Gasteiger partial charge in [-0.15, -0.1) is 5.10 Å². The molecule has 0 aliphatic carbocycles. The zero-order valence-corrected chi connectivity index (χ0v) is 27.6. The zero-order valence-electron chi connectivity index (χ0n) is 26.0. The fourth-order valence-corrected chi connectivity index (χ4v) is 7.09. The van der Waals surface area contributed by atoms with E-state index in [0.29, 0.717) is 57.7 Å². The smallest absolute Gasteiger partial charge is 0.255 e. The van der Waals surface area contributed by atoms with Crippen LogP contribution in [0.15, 0.2) is 126 Å². The largest absolute Gasteiger partial charge is 0.492 e. The van der Waals surface area contributed by atoms with Crippen molar-refractivity contribution in [1.29, 1.82) is 0 Å². The number of carbonyl (C=O) groups is 1. The Kier molecular flexibility index (Phi) is 8.74. The van der Waals surface area contributed by atoms with Crippen LogP contribution in [0, 0.1) is 0 Å². The molecule has 0 fully saturated rings. The average Bonchev–Trinajstić information content (AvgIpc) is 3.66. The molecule has 0 saturated heterocycles. The predicted molar refractivity (Wildman–Crippen MR) is 189 cm³/mol. The maximum atomic E-state index is 14.4. The van der Waals surface area contributed by atoms with Crippen LogP contribution in [0.3, 0.4) is 0 Å². The van der Waals surface area contributed by atoms with E-state index in [0.717, 1.165) is 22.0 Å². The molecule has 1 aliphatic heterocycles. The van der Waals surface area contributed by atoms with Crippen molar-refractivity contribution in [1.82, 2.24) is 19.3 Å². The van der Waals surface area contributed by atoms with Gasteiger partial charge in [-0.2, -0.15) is 4.98 Å². The fraction of sp³-hybridized carbons (Fsp3) is 0.162. The van der Waals surface area contributed by atoms with Gasteiger partial charge in [-0.05, 0) is 49.2 Å². The van der Waals surface area contributed by atoms with Gasteiger partial charge in [-0.25, -0.2) is 4.68 Å². The monoisotopic (exact) mass is 660 g/mol. The highest BCUT2D eigenvalue weighted by Gasteiger charge is 2.36. The predicted octanol–water partition coefficient (Wildman–Crippen LogP) is 8.55. The molecule has 0 saturated carbocycles. The summed E-state index contributed by atoms with van der Waals surface area (Å²) in [6, 6.07) is 33.3. The van der Waals surface area contributed by atoms with Crippen molar-refractivity contribution in [2.75, 3.05) is 17.2 Å². The highest BCUT2D eigenvalue weighted by Crippen LogP contribution is 2.41. The highest BCUT2D eigenvalue weighted by molar-refractivity contribution is 7.98. The van der Waals surface area contributed by atoms with Crippen LogP contribution >= 0.6 is 23.4 Å². The number of benzene rings is 4. The van der Waals surface area contributed by atoms with E-state index in [2.05, 4.69) is 45.7 Å². The van der Waals surface area contributed by atoms with Gasteiger partial charge in [0.05, 0.1) is 17.9 Å². The Morgan fingerprint density at radius 2 is 1.72 bits per heavy atom. The van der Waals surface area contributed by atoms with E-state index < -0.39 is 6.04 Å². The Hall–Kier alpha value is -4.99. The fourth-order valence-electron chi connectivity index (χ4n) is 5.98. The lowest BCUT2D eigenvalue weighted by atomic mass is 9.94. The molecule has 8 nitrogen and oxygen atoms in total. The van der Waals surface area contributed by atoms with Gasteiger partial charge in [0, 0.05) is 45.7 Å². The van der Waals surface area contributed by atoms with E-state index in [1.807, 2.05) is 97.4 Å². The van der Waals surface area contributed by atoms with Gasteiger partial charge >= 0.3 is 0 Å². The van der Waals surface area contributed by atoms with E-state index in [-0.39, 0.29) is 5.91 Å². The van der Waals surface area contributed by atoms with Crippen molar-refractivity contribution >= 4 is 51.8 Å². The quantitative estimate of drug-likeness (QED) is 0.143. The molecular weight excluding hydrogens is 628 g/mol. The van der Waals surface area contributed by atoms with Crippen molar-refractivity contribution < 1.29 is 9.53 Å². The summed E-state index contributed by atoms with van der Waals surface area (Å²) in [5, 5.41) is 13.8. The third kappa shape index (κ3) is 6.24. The summed E-state index contributed by atoms with van der Waals surface area (Å²) in [5.41, 5.74) is 6.05. The van der Waals surface area contributed by atoms with E-state index >= 15 is 0 Å². The third-order valence-electron chi connectivity index (χ3n) is 8.14. The number of nitrogens with one attached hydrogen (secondary N) is 2. The number of anilines is 2. The Morgan fingerprint density at radius 1 is 0.979 bits per heavy atom. The third-order valence-corrected chi connectivity index (χ3v) is 9.39. The maximum Gasteiger partial charge on any atom is 0.255 e. The molecular formula is C37H33ClN6O2S. The summed E-state index contributed by atoms with van der Waals surface area (Å²) < 4.78 is 9.89. The zero-order chi connectivity index (χ0) is 32.3. The van der Waals surface area contributed by atoms with Gasteiger partial charge in [0.2, 0.25) is 11.1 Å². The minimum absolute atomic E-state index is 0.251. The number of hydrogen-bond acceptors (Lipinski definition) is 6. The maximum absolute atomic E-state index is 14.4. The lowest BCUT2D eigenvalue weighted by Gasteiger charge is -2.28. The summed E-state index contributed by atoms with van der Waals surface area (Å²) >= 11 is 7.95. The number of aromatic nitrogens is 4. The van der Waals surface area contributed by atoms with Gasteiger partial charge < -0.3 is 19.9 Å². The van der Waals surface area contributed by atoms with Crippen LogP contribution in [-0.2, 0) is 17.1 Å². The number of carbonyl (C=O) groups excluding carboxylic acids is 1. The number of halogens is 1. The van der Waals surface area contributed by atoms with Crippen LogP contribution in [0.25, 0.3) is 10.9 Å². The number of thioether (sulfide) groups is 1. The first-order valence-corrected chi connectivity index (χ1v) is 16.8. The summed E-state index contributed by atoms with van der Waals surface area (Å²) in [6.45, 7) is 5.00. The molecule has 0 radical (unpaired) electrons. The minimum Gasteiger partial charge on any atom is -0.492 e. The molecule has 1 unspecified atom stereocenters. The molecule has 236 valence electrons. The number of allylic oxidation sites excluding steroid dienone is 1. The normalized spacial score (nSPS) is 14.1. The minimum atomic E-state index is -0.561. The summed E-state index contributed by atoms with van der Waals surface area (Å²) in [7, 11) is 0. The van der Waals surface area contributed by atoms with Crippen LogP contribution in [0.5, 0.6) is 5.75 Å². The molecule has 1 atom stereocenters. The average molecular weight is 661 g/mol. The molecule has 0 bridgehead atoms. The van der Waals surface area contributed by atoms with E-state index in [1.165, 1.54) is 17.3 Å². The second-order valence-electron chi connectivity index (χ2n) is 11.2. The lowest BCUT2D eigenvalue weighted by molar-refractivity contribution is -0.113. The van der Waals surface area contributed by atoms with Crippen LogP contribution in [0.2, 0.25) is 5.02 Å². The van der Waals surface area contributed by atoms with Gasteiger partial charge in [0.15, 0.2) is 0 Å². The molecule has 0 spiro atoms. The summed E-state index contributed by atoms with van der Waals surface area (Å²) in [5.74, 6) is 1.54. The van der Waals surface area contributed by atoms with Gasteiger partial charge in [-0.1, -0.05) is 102 Å². The Balaban J connectivity index is 1.32. The van der Waals surface area contributed by atoms with E-state index in [1.54, 1.807) is 0 Å². The molecule has 7 rings (SSSR count). The van der Waals surface area contributed by atoms with Crippen molar-refractivity contribution in [3.05, 3.63) is 142 Å². The van der Waals surface area contributed by atoms with Crippen molar-refractivity contribution in [2.45, 2.75) is 37.3 Å². The Bertz CT molecular complexity index is 2100. The molecule has 2 aromatic heterocycles. The second kappa shape index (κ2) is 13.4. The number of fused-ring (bicyclic) bond motifs is 2. The Morgan fingerprint density at radius 3 is 2.55 bits per heavy atom. The molecule has 1 aliphatic rings.